The Kier molecular flexibility index (Phi) is 9.27. The van der Waals surface area contributed by atoms with E-state index in [1.54, 1.807) is 0 Å². The molecule has 0 aliphatic heterocycles. The van der Waals surface area contributed by atoms with Gasteiger partial charge in [-0.25, -0.2) is 13.2 Å². The van der Waals surface area contributed by atoms with E-state index in [-0.39, 0.29) is 5.75 Å². The standard InChI is InChI=1S/C36H25F7O2/c1-2-28(23-11-7-4-8-12-23)29(24-13-17-26(18-14-24)44-21-22-9-5-3-6-10-22)25-15-19-27(20-16-25)45-35-30(36(41,42)43)31(37)32(38)33(39)34(35)40/h3-20H,2,21H2,1H3. The van der Waals surface area contributed by atoms with Crippen LogP contribution in [-0.4, -0.2) is 0 Å². The highest BCUT2D eigenvalue weighted by Crippen LogP contribution is 2.44. The Balaban J connectivity index is 1.52. The van der Waals surface area contributed by atoms with E-state index < -0.39 is 40.8 Å². The fraction of sp³-hybridized carbons (Fsp3) is 0.111. The molecule has 0 atom stereocenters. The summed E-state index contributed by atoms with van der Waals surface area (Å²) in [7, 11) is 0. The van der Waals surface area contributed by atoms with Crippen molar-refractivity contribution in [2.45, 2.75) is 26.1 Å². The lowest BCUT2D eigenvalue weighted by Crippen LogP contribution is -2.15. The minimum atomic E-state index is -5.56. The van der Waals surface area contributed by atoms with Gasteiger partial charge in [0, 0.05) is 0 Å². The Bertz CT molecular complexity index is 1800. The summed E-state index contributed by atoms with van der Waals surface area (Å²) >= 11 is 0. The van der Waals surface area contributed by atoms with Gasteiger partial charge in [-0.2, -0.15) is 17.6 Å². The van der Waals surface area contributed by atoms with Crippen LogP contribution in [0.15, 0.2) is 109 Å². The number of benzene rings is 5. The van der Waals surface area contributed by atoms with Gasteiger partial charge in [-0.3, -0.25) is 0 Å². The van der Waals surface area contributed by atoms with Crippen LogP contribution in [0.1, 0.15) is 41.2 Å². The van der Waals surface area contributed by atoms with Crippen molar-refractivity contribution in [3.05, 3.63) is 160 Å². The molecule has 0 spiro atoms. The Morgan fingerprint density at radius 3 is 1.62 bits per heavy atom. The molecule has 5 aromatic rings. The molecular formula is C36H25F7O2. The van der Waals surface area contributed by atoms with Gasteiger partial charge in [0.15, 0.2) is 17.4 Å². The van der Waals surface area contributed by atoms with Crippen molar-refractivity contribution in [3.8, 4) is 17.2 Å². The third-order valence-electron chi connectivity index (χ3n) is 7.04. The number of hydrogen-bond acceptors (Lipinski definition) is 2. The first-order valence-corrected chi connectivity index (χ1v) is 13.9. The van der Waals surface area contributed by atoms with Gasteiger partial charge >= 0.3 is 6.18 Å². The molecule has 0 amide bonds. The summed E-state index contributed by atoms with van der Waals surface area (Å²) in [6.07, 6.45) is -4.95. The zero-order chi connectivity index (χ0) is 32.1. The van der Waals surface area contributed by atoms with Gasteiger partial charge in [-0.1, -0.05) is 91.9 Å². The number of halogens is 7. The van der Waals surface area contributed by atoms with Crippen molar-refractivity contribution in [2.75, 3.05) is 0 Å². The van der Waals surface area contributed by atoms with Crippen LogP contribution in [0.4, 0.5) is 30.7 Å². The lowest BCUT2D eigenvalue weighted by atomic mass is 9.88. The Hall–Kier alpha value is -5.05. The number of hydrogen-bond donors (Lipinski definition) is 0. The van der Waals surface area contributed by atoms with Crippen LogP contribution in [0.25, 0.3) is 11.1 Å². The topological polar surface area (TPSA) is 18.5 Å². The van der Waals surface area contributed by atoms with Crippen LogP contribution in [0.3, 0.4) is 0 Å². The zero-order valence-corrected chi connectivity index (χ0v) is 23.8. The quantitative estimate of drug-likeness (QED) is 0.0705. The molecule has 0 heterocycles. The minimum absolute atomic E-state index is 0.352. The average molecular weight is 623 g/mol. The lowest BCUT2D eigenvalue weighted by Gasteiger charge is -2.18. The molecule has 0 fully saturated rings. The largest absolute Gasteiger partial charge is 0.489 e. The van der Waals surface area contributed by atoms with E-state index in [1.807, 2.05) is 91.9 Å². The maximum absolute atomic E-state index is 14.4. The highest BCUT2D eigenvalue weighted by atomic mass is 19.4. The molecule has 0 N–H and O–H groups in total. The number of allylic oxidation sites excluding steroid dienone is 1. The maximum Gasteiger partial charge on any atom is 0.423 e. The van der Waals surface area contributed by atoms with Crippen LogP contribution >= 0.6 is 0 Å². The SMILES string of the molecule is CCC(=C(c1ccc(OCc2ccccc2)cc1)c1ccc(Oc2c(F)c(F)c(F)c(F)c2C(F)(F)F)cc1)c1ccccc1. The van der Waals surface area contributed by atoms with Gasteiger partial charge < -0.3 is 9.47 Å². The van der Waals surface area contributed by atoms with Crippen LogP contribution in [0.5, 0.6) is 17.2 Å². The van der Waals surface area contributed by atoms with Gasteiger partial charge in [-0.15, -0.1) is 0 Å². The van der Waals surface area contributed by atoms with Crippen LogP contribution in [0, 0.1) is 23.3 Å². The highest BCUT2D eigenvalue weighted by Gasteiger charge is 2.43. The normalized spacial score (nSPS) is 12.1. The fourth-order valence-electron chi connectivity index (χ4n) is 4.91. The summed E-state index contributed by atoms with van der Waals surface area (Å²) in [5.74, 6) is -11.4. The Morgan fingerprint density at radius 2 is 1.09 bits per heavy atom. The summed E-state index contributed by atoms with van der Waals surface area (Å²) in [4.78, 5) is 0. The van der Waals surface area contributed by atoms with Crippen molar-refractivity contribution in [2.24, 2.45) is 0 Å². The van der Waals surface area contributed by atoms with E-state index in [9.17, 15) is 30.7 Å². The average Bonchev–Trinajstić information content (AvgIpc) is 3.05. The molecule has 0 saturated heterocycles. The number of rotatable bonds is 9. The van der Waals surface area contributed by atoms with E-state index in [1.165, 1.54) is 24.3 Å². The molecule has 0 bridgehead atoms. The van der Waals surface area contributed by atoms with Crippen LogP contribution in [0.2, 0.25) is 0 Å². The van der Waals surface area contributed by atoms with E-state index >= 15 is 0 Å². The Labute approximate surface area is 255 Å². The first kappa shape index (κ1) is 31.4. The van der Waals surface area contributed by atoms with Crippen molar-refractivity contribution in [3.63, 3.8) is 0 Å². The summed E-state index contributed by atoms with van der Waals surface area (Å²) in [6.45, 7) is 2.36. The highest BCUT2D eigenvalue weighted by molar-refractivity contribution is 5.98. The van der Waals surface area contributed by atoms with Crippen LogP contribution in [-0.2, 0) is 12.8 Å². The van der Waals surface area contributed by atoms with Gasteiger partial charge in [0.2, 0.25) is 11.6 Å². The molecule has 2 nitrogen and oxygen atoms in total. The first-order valence-electron chi connectivity index (χ1n) is 13.9. The molecule has 230 valence electrons. The molecule has 0 saturated carbocycles. The second-order valence-corrected chi connectivity index (χ2v) is 9.96. The van der Waals surface area contributed by atoms with Crippen LogP contribution < -0.4 is 9.47 Å². The van der Waals surface area contributed by atoms with Gasteiger partial charge in [0.1, 0.15) is 23.7 Å². The molecule has 0 aliphatic carbocycles. The lowest BCUT2D eigenvalue weighted by molar-refractivity contribution is -0.141. The monoisotopic (exact) mass is 622 g/mol. The molecule has 5 aromatic carbocycles. The molecule has 0 unspecified atom stereocenters. The number of alkyl halides is 3. The van der Waals surface area contributed by atoms with Crippen molar-refractivity contribution >= 4 is 11.1 Å². The molecule has 0 radical (unpaired) electrons. The first-order chi connectivity index (χ1) is 21.6. The van der Waals surface area contributed by atoms with E-state index in [0.717, 1.165) is 27.8 Å². The van der Waals surface area contributed by atoms with Gasteiger partial charge in [-0.05, 0) is 64.1 Å². The van der Waals surface area contributed by atoms with Gasteiger partial charge in [0.05, 0.1) is 0 Å². The smallest absolute Gasteiger partial charge is 0.423 e. The number of ether oxygens (including phenoxy) is 2. The summed E-state index contributed by atoms with van der Waals surface area (Å²) in [5, 5.41) is 0. The molecule has 5 rings (SSSR count). The third kappa shape index (κ3) is 6.87. The van der Waals surface area contributed by atoms with E-state index in [0.29, 0.717) is 24.3 Å². The van der Waals surface area contributed by atoms with Crippen molar-refractivity contribution in [1.29, 1.82) is 0 Å². The predicted octanol–water partition coefficient (Wildman–Crippen LogP) is 11.0. The Morgan fingerprint density at radius 1 is 0.578 bits per heavy atom. The third-order valence-corrected chi connectivity index (χ3v) is 7.04. The van der Waals surface area contributed by atoms with Crippen molar-refractivity contribution < 1.29 is 40.2 Å². The fourth-order valence-corrected chi connectivity index (χ4v) is 4.91. The summed E-state index contributed by atoms with van der Waals surface area (Å²) in [5.41, 5.74) is 2.76. The summed E-state index contributed by atoms with van der Waals surface area (Å²) in [6, 6.07) is 32.2. The second kappa shape index (κ2) is 13.3. The molecule has 0 aromatic heterocycles. The minimum Gasteiger partial charge on any atom is -0.489 e. The maximum atomic E-state index is 14.4. The second-order valence-electron chi connectivity index (χ2n) is 9.96. The predicted molar refractivity (Wildman–Crippen MR) is 158 cm³/mol. The molecule has 9 heteroatoms. The van der Waals surface area contributed by atoms with Crippen molar-refractivity contribution in [1.82, 2.24) is 0 Å². The van der Waals surface area contributed by atoms with E-state index in [2.05, 4.69) is 0 Å². The molecule has 45 heavy (non-hydrogen) atoms. The van der Waals surface area contributed by atoms with Gasteiger partial charge in [0.25, 0.3) is 0 Å². The summed E-state index contributed by atoms with van der Waals surface area (Å²) < 4.78 is 108. The van der Waals surface area contributed by atoms with E-state index in [4.69, 9.17) is 9.47 Å². The molecule has 0 aliphatic rings. The zero-order valence-electron chi connectivity index (χ0n) is 23.8. The molecular weight excluding hydrogens is 597 g/mol.